The summed E-state index contributed by atoms with van der Waals surface area (Å²) in [5.41, 5.74) is 4.45. The SMILES string of the molecule is CCCCCCCC=CC(=O)OCC(=CC=CC(C)=CC=CC=C(C)C=CC=C(C)C=CC1(O)C(C)=CC(O)CC1(C)C)C(=O)CC1=C(C)CC(O)CC1(C)C. The normalized spacial score (nSPS) is 24.1. The Labute approximate surface area is 339 Å². The number of rotatable bonds is 20. The zero-order valence-corrected chi connectivity index (χ0v) is 36.2. The Balaban J connectivity index is 2.09. The number of hydrogen-bond donors (Lipinski definition) is 3. The summed E-state index contributed by atoms with van der Waals surface area (Å²) in [5.74, 6) is -0.538. The highest BCUT2D eigenvalue weighted by atomic mass is 16.5. The molecule has 0 aliphatic heterocycles. The molecule has 2 aliphatic carbocycles. The number of Topliss-reactive ketones (excluding diaryl/α,β-unsaturated/α-hetero) is 1. The van der Waals surface area contributed by atoms with Gasteiger partial charge in [-0.1, -0.05) is 167 Å². The lowest BCUT2D eigenvalue weighted by atomic mass is 9.64. The van der Waals surface area contributed by atoms with Gasteiger partial charge in [0, 0.05) is 23.5 Å². The van der Waals surface area contributed by atoms with Gasteiger partial charge in [-0.05, 0) is 83.8 Å². The molecule has 0 aromatic rings. The van der Waals surface area contributed by atoms with Crippen molar-refractivity contribution in [1.29, 1.82) is 0 Å². The number of allylic oxidation sites excluding steroid dienone is 16. The molecule has 3 atom stereocenters. The average Bonchev–Trinajstić information content (AvgIpc) is 3.10. The lowest BCUT2D eigenvalue weighted by Crippen LogP contribution is -2.48. The van der Waals surface area contributed by atoms with E-state index >= 15 is 0 Å². The summed E-state index contributed by atoms with van der Waals surface area (Å²) in [6.07, 6.45) is 35.9. The third-order valence-electron chi connectivity index (χ3n) is 11.0. The molecule has 0 spiro atoms. The highest BCUT2D eigenvalue weighted by Gasteiger charge is 2.46. The quantitative estimate of drug-likeness (QED) is 0.0375. The molecule has 0 fully saturated rings. The minimum absolute atomic E-state index is 0.0871. The first-order valence-corrected chi connectivity index (χ1v) is 20.6. The minimum Gasteiger partial charge on any atom is -0.458 e. The van der Waals surface area contributed by atoms with Crippen LogP contribution in [0.5, 0.6) is 0 Å². The monoisotopic (exact) mass is 769 g/mol. The molecule has 0 saturated carbocycles. The molecule has 0 aromatic heterocycles. The maximum atomic E-state index is 13.7. The maximum absolute atomic E-state index is 13.7. The molecular weight excluding hydrogens is 697 g/mol. The molecule has 0 heterocycles. The van der Waals surface area contributed by atoms with Gasteiger partial charge in [0.25, 0.3) is 0 Å². The third kappa shape index (κ3) is 16.3. The van der Waals surface area contributed by atoms with Gasteiger partial charge in [0.15, 0.2) is 5.78 Å². The lowest BCUT2D eigenvalue weighted by Gasteiger charge is -2.46. The van der Waals surface area contributed by atoms with E-state index in [2.05, 4.69) is 20.8 Å². The molecule has 2 aliphatic rings. The van der Waals surface area contributed by atoms with Crippen molar-refractivity contribution < 1.29 is 29.6 Å². The number of ketones is 1. The van der Waals surface area contributed by atoms with Crippen molar-refractivity contribution in [2.24, 2.45) is 10.8 Å². The first-order valence-electron chi connectivity index (χ1n) is 20.6. The number of aliphatic hydroxyl groups is 3. The molecule has 308 valence electrons. The summed E-state index contributed by atoms with van der Waals surface area (Å²) >= 11 is 0. The number of unbranched alkanes of at least 4 members (excludes halogenated alkanes) is 5. The van der Waals surface area contributed by atoms with Crippen LogP contribution in [0.1, 0.15) is 133 Å². The largest absolute Gasteiger partial charge is 0.458 e. The summed E-state index contributed by atoms with van der Waals surface area (Å²) in [5, 5.41) is 31.9. The van der Waals surface area contributed by atoms with Gasteiger partial charge in [0.2, 0.25) is 0 Å². The van der Waals surface area contributed by atoms with Gasteiger partial charge in [-0.25, -0.2) is 4.79 Å². The summed E-state index contributed by atoms with van der Waals surface area (Å²) in [6, 6.07) is 0. The van der Waals surface area contributed by atoms with Crippen LogP contribution in [0, 0.1) is 10.8 Å². The third-order valence-corrected chi connectivity index (χ3v) is 11.0. The van der Waals surface area contributed by atoms with E-state index in [0.717, 1.165) is 52.7 Å². The molecule has 0 amide bonds. The van der Waals surface area contributed by atoms with Crippen LogP contribution in [0.4, 0.5) is 0 Å². The molecule has 56 heavy (non-hydrogen) atoms. The molecule has 0 aromatic carbocycles. The fourth-order valence-corrected chi connectivity index (χ4v) is 7.51. The van der Waals surface area contributed by atoms with Crippen molar-refractivity contribution in [1.82, 2.24) is 0 Å². The smallest absolute Gasteiger partial charge is 0.330 e. The van der Waals surface area contributed by atoms with Crippen LogP contribution >= 0.6 is 0 Å². The molecule has 0 bridgehead atoms. The van der Waals surface area contributed by atoms with Gasteiger partial charge in [-0.15, -0.1) is 0 Å². The van der Waals surface area contributed by atoms with Crippen molar-refractivity contribution in [2.75, 3.05) is 6.61 Å². The Bertz CT molecular complexity index is 1680. The van der Waals surface area contributed by atoms with Crippen LogP contribution in [-0.2, 0) is 14.3 Å². The van der Waals surface area contributed by atoms with Crippen LogP contribution in [-0.4, -0.2) is 51.5 Å². The minimum atomic E-state index is -1.11. The summed E-state index contributed by atoms with van der Waals surface area (Å²) in [7, 11) is 0. The first-order chi connectivity index (χ1) is 26.3. The highest BCUT2D eigenvalue weighted by molar-refractivity contribution is 5.98. The van der Waals surface area contributed by atoms with E-state index in [1.54, 1.807) is 12.2 Å². The fourth-order valence-electron chi connectivity index (χ4n) is 7.51. The van der Waals surface area contributed by atoms with E-state index in [1.807, 2.05) is 121 Å². The predicted molar refractivity (Wildman–Crippen MR) is 234 cm³/mol. The zero-order valence-electron chi connectivity index (χ0n) is 36.2. The number of carbonyl (C=O) groups excluding carboxylic acids is 2. The van der Waals surface area contributed by atoms with Gasteiger partial charge in [-0.3, -0.25) is 4.79 Å². The van der Waals surface area contributed by atoms with Gasteiger partial charge in [0.05, 0.1) is 12.2 Å². The number of ether oxygens (including phenoxy) is 1. The van der Waals surface area contributed by atoms with Crippen LogP contribution in [0.15, 0.2) is 130 Å². The molecule has 6 nitrogen and oxygen atoms in total. The molecule has 0 saturated heterocycles. The highest BCUT2D eigenvalue weighted by Crippen LogP contribution is 2.45. The second kappa shape index (κ2) is 23.4. The Hall–Kier alpha value is -3.84. The van der Waals surface area contributed by atoms with E-state index < -0.39 is 29.2 Å². The fraction of sp³-hybridized carbons (Fsp3) is 0.520. The second-order valence-corrected chi connectivity index (χ2v) is 17.1. The van der Waals surface area contributed by atoms with Crippen LogP contribution in [0.3, 0.4) is 0 Å². The Morgan fingerprint density at radius 2 is 1.39 bits per heavy atom. The topological polar surface area (TPSA) is 104 Å². The van der Waals surface area contributed by atoms with Gasteiger partial charge >= 0.3 is 5.97 Å². The summed E-state index contributed by atoms with van der Waals surface area (Å²) in [4.78, 5) is 26.2. The molecule has 0 radical (unpaired) electrons. The zero-order chi connectivity index (χ0) is 41.9. The van der Waals surface area contributed by atoms with E-state index in [4.69, 9.17) is 4.74 Å². The number of hydrogen-bond acceptors (Lipinski definition) is 6. The van der Waals surface area contributed by atoms with Crippen LogP contribution in [0.2, 0.25) is 0 Å². The molecule has 6 heteroatoms. The standard InChI is InChI=1S/C50H72O6/c1-11-12-13-14-15-16-17-28-47(54)56-36-42(46(53)33-45-40(5)31-43(51)34-48(45,7)8)27-21-26-38(3)23-19-18-22-37(2)24-20-25-39(4)29-30-50(55)41(6)32-44(52)35-49(50,9)10/h17-30,32,43-44,51-52,55H,11-16,31,33-36H2,1-10H3. The Morgan fingerprint density at radius 1 is 0.804 bits per heavy atom. The molecule has 3 unspecified atom stereocenters. The molecular formula is C50H72O6. The average molecular weight is 769 g/mol. The van der Waals surface area contributed by atoms with E-state index in [9.17, 15) is 24.9 Å². The van der Waals surface area contributed by atoms with Gasteiger partial charge < -0.3 is 20.1 Å². The van der Waals surface area contributed by atoms with Crippen molar-refractivity contribution in [3.05, 3.63) is 130 Å². The first kappa shape index (κ1) is 48.3. The predicted octanol–water partition coefficient (Wildman–Crippen LogP) is 11.4. The number of carbonyl (C=O) groups is 2. The van der Waals surface area contributed by atoms with Gasteiger partial charge in [-0.2, -0.15) is 0 Å². The Kier molecular flexibility index (Phi) is 20.2. The second-order valence-electron chi connectivity index (χ2n) is 17.1. The molecule has 2 rings (SSSR count). The van der Waals surface area contributed by atoms with E-state index in [1.165, 1.54) is 25.3 Å². The van der Waals surface area contributed by atoms with E-state index in [0.29, 0.717) is 24.8 Å². The van der Waals surface area contributed by atoms with Crippen LogP contribution < -0.4 is 0 Å². The summed E-state index contributed by atoms with van der Waals surface area (Å²) in [6.45, 7) is 20.0. The number of esters is 1. The van der Waals surface area contributed by atoms with Crippen molar-refractivity contribution >= 4 is 11.8 Å². The number of aliphatic hydroxyl groups excluding tert-OH is 2. The van der Waals surface area contributed by atoms with Crippen molar-refractivity contribution in [3.8, 4) is 0 Å². The van der Waals surface area contributed by atoms with E-state index in [-0.39, 0.29) is 24.2 Å². The Morgan fingerprint density at radius 3 is 2.00 bits per heavy atom. The summed E-state index contributed by atoms with van der Waals surface area (Å²) < 4.78 is 5.54. The van der Waals surface area contributed by atoms with Crippen LogP contribution in [0.25, 0.3) is 0 Å². The van der Waals surface area contributed by atoms with Crippen molar-refractivity contribution in [3.63, 3.8) is 0 Å². The lowest BCUT2D eigenvalue weighted by molar-refractivity contribution is -0.137. The maximum Gasteiger partial charge on any atom is 0.330 e. The molecule has 3 N–H and O–H groups in total. The van der Waals surface area contributed by atoms with Gasteiger partial charge in [0.1, 0.15) is 12.2 Å². The van der Waals surface area contributed by atoms with Crippen molar-refractivity contribution in [2.45, 2.75) is 151 Å².